The van der Waals surface area contributed by atoms with Crippen LogP contribution in [0.3, 0.4) is 0 Å². The molecule has 234 valence electrons. The molecule has 7 rings (SSSR count). The number of rotatable bonds is 8. The number of thiazole rings is 1. The number of carbonyl (C=O) groups excluding carboxylic acids is 3. The van der Waals surface area contributed by atoms with E-state index < -0.39 is 29.8 Å². The molecule has 4 aliphatic rings. The number of aromatic nitrogens is 1. The van der Waals surface area contributed by atoms with E-state index in [0.29, 0.717) is 11.4 Å². The number of ether oxygens (including phenoxy) is 1. The van der Waals surface area contributed by atoms with Crippen molar-refractivity contribution in [3.63, 3.8) is 0 Å². The number of nitrogens with one attached hydrogen (secondary N) is 2. The highest BCUT2D eigenvalue weighted by atomic mass is 32.2. The minimum absolute atomic E-state index is 0.000533. The van der Waals surface area contributed by atoms with Crippen LogP contribution in [0.2, 0.25) is 0 Å². The van der Waals surface area contributed by atoms with Crippen LogP contribution in [0.15, 0.2) is 58.4 Å². The van der Waals surface area contributed by atoms with Gasteiger partial charge in [0, 0.05) is 21.7 Å². The number of anilines is 1. The molecule has 3 N–H and O–H groups in total. The Morgan fingerprint density at radius 2 is 1.69 bits per heavy atom. The standard InChI is InChI=1S/C33H33N3O7S2/c1-14(2)26(32(40)41)36-30(38)24-19-12-20(25(24)31(36)39)27-23(19)22(28-29(44-27)35-33(42)45-28)16-6-10-18(11-7-16)43-13-21(37)34-17-8-4-15(3)5-9-17/h4-11,14,19-20,22-27H,12-13H2,1-3H3,(H,34,37)(H,35,42)(H,40,41)/t19?,20?,22-,23?,24?,25?,26?,27?/m1/s1. The van der Waals surface area contributed by atoms with Crippen molar-refractivity contribution in [2.75, 3.05) is 11.9 Å². The molecule has 7 unspecified atom stereocenters. The van der Waals surface area contributed by atoms with E-state index in [1.54, 1.807) is 25.6 Å². The monoisotopic (exact) mass is 647 g/mol. The van der Waals surface area contributed by atoms with Crippen LogP contribution in [0.4, 0.5) is 5.69 Å². The van der Waals surface area contributed by atoms with Gasteiger partial charge in [0.2, 0.25) is 11.8 Å². The van der Waals surface area contributed by atoms with Crippen LogP contribution in [0.1, 0.15) is 42.2 Å². The SMILES string of the molecule is Cc1ccc(NC(=O)COc2ccc([C@H]3c4sc(=O)[nH]c4SC4C5CC(C6C(=O)N(C(C(=O)O)C(C)C)C(=O)C56)C43)cc2)cc1. The molecule has 2 aromatic carbocycles. The Morgan fingerprint density at radius 3 is 2.33 bits per heavy atom. The fourth-order valence-electron chi connectivity index (χ4n) is 8.14. The maximum absolute atomic E-state index is 13.8. The van der Waals surface area contributed by atoms with Gasteiger partial charge in [-0.3, -0.25) is 24.1 Å². The number of nitrogens with zero attached hydrogens (tertiary/aromatic N) is 1. The fourth-order valence-corrected chi connectivity index (χ4v) is 11.0. The highest BCUT2D eigenvalue weighted by molar-refractivity contribution is 8.00. The Hall–Kier alpha value is -3.90. The Labute approximate surface area is 267 Å². The fraction of sp³-hybridized carbons (Fsp3) is 0.424. The van der Waals surface area contributed by atoms with Crippen molar-refractivity contribution in [3.05, 3.63) is 74.2 Å². The number of amides is 3. The molecule has 2 aliphatic carbocycles. The van der Waals surface area contributed by atoms with Gasteiger partial charge in [0.15, 0.2) is 6.61 Å². The number of likely N-dealkylation sites (tertiary alicyclic amines) is 1. The summed E-state index contributed by atoms with van der Waals surface area (Å²) in [6, 6.07) is 13.8. The molecule has 2 saturated carbocycles. The number of carboxylic acids is 1. The van der Waals surface area contributed by atoms with Crippen LogP contribution in [-0.2, 0) is 19.2 Å². The van der Waals surface area contributed by atoms with Crippen molar-refractivity contribution < 1.29 is 29.0 Å². The second kappa shape index (κ2) is 11.2. The van der Waals surface area contributed by atoms with Gasteiger partial charge >= 0.3 is 10.8 Å². The van der Waals surface area contributed by atoms with Gasteiger partial charge in [-0.25, -0.2) is 4.79 Å². The third kappa shape index (κ3) is 4.89. The Balaban J connectivity index is 1.14. The second-order valence-electron chi connectivity index (χ2n) is 12.8. The number of hydrogen-bond acceptors (Lipinski definition) is 8. The van der Waals surface area contributed by atoms with Gasteiger partial charge in [-0.1, -0.05) is 55.0 Å². The summed E-state index contributed by atoms with van der Waals surface area (Å²) in [5.41, 5.74) is 2.75. The largest absolute Gasteiger partial charge is 0.484 e. The second-order valence-corrected chi connectivity index (χ2v) is 15.0. The number of thioether (sulfide) groups is 1. The molecule has 1 saturated heterocycles. The summed E-state index contributed by atoms with van der Waals surface area (Å²) >= 11 is 2.76. The Morgan fingerprint density at radius 1 is 1.02 bits per heavy atom. The van der Waals surface area contributed by atoms with Crippen molar-refractivity contribution >= 4 is 52.5 Å². The average molecular weight is 648 g/mol. The lowest BCUT2D eigenvalue weighted by molar-refractivity contribution is -0.157. The molecule has 12 heteroatoms. The molecule has 10 nitrogen and oxygen atoms in total. The summed E-state index contributed by atoms with van der Waals surface area (Å²) in [5.74, 6) is -3.56. The van der Waals surface area contributed by atoms with Crippen LogP contribution in [-0.4, -0.2) is 56.6 Å². The highest BCUT2D eigenvalue weighted by Gasteiger charge is 2.70. The molecule has 0 radical (unpaired) electrons. The van der Waals surface area contributed by atoms with E-state index in [4.69, 9.17) is 4.74 Å². The van der Waals surface area contributed by atoms with E-state index in [9.17, 15) is 29.1 Å². The average Bonchev–Trinajstić information content (AvgIpc) is 3.73. The summed E-state index contributed by atoms with van der Waals surface area (Å²) in [4.78, 5) is 69.5. The number of benzene rings is 2. The van der Waals surface area contributed by atoms with Gasteiger partial charge in [-0.05, 0) is 66.8 Å². The van der Waals surface area contributed by atoms with Crippen LogP contribution >= 0.6 is 23.1 Å². The number of aryl methyl sites for hydroxylation is 1. The minimum Gasteiger partial charge on any atom is -0.484 e. The van der Waals surface area contributed by atoms with Gasteiger partial charge in [-0.2, -0.15) is 0 Å². The number of carboxylic acid groups (broad SMARTS) is 1. The minimum atomic E-state index is -1.19. The maximum atomic E-state index is 13.8. The molecule has 0 spiro atoms. The number of H-pyrrole nitrogens is 1. The van der Waals surface area contributed by atoms with Gasteiger partial charge in [0.05, 0.1) is 16.9 Å². The van der Waals surface area contributed by atoms with E-state index >= 15 is 0 Å². The summed E-state index contributed by atoms with van der Waals surface area (Å²) in [7, 11) is 0. The number of aromatic amines is 1. The summed E-state index contributed by atoms with van der Waals surface area (Å²) in [6.45, 7) is 5.25. The molecule has 2 bridgehead atoms. The first kappa shape index (κ1) is 29.8. The van der Waals surface area contributed by atoms with Crippen molar-refractivity contribution in [1.29, 1.82) is 0 Å². The molecule has 3 fully saturated rings. The van der Waals surface area contributed by atoms with E-state index in [-0.39, 0.29) is 58.1 Å². The van der Waals surface area contributed by atoms with E-state index in [1.165, 1.54) is 11.3 Å². The molecule has 3 aromatic rings. The van der Waals surface area contributed by atoms with Crippen LogP contribution in [0, 0.1) is 42.4 Å². The van der Waals surface area contributed by atoms with Crippen molar-refractivity contribution in [2.24, 2.45) is 35.5 Å². The van der Waals surface area contributed by atoms with Crippen LogP contribution in [0.25, 0.3) is 0 Å². The van der Waals surface area contributed by atoms with Crippen molar-refractivity contribution in [3.8, 4) is 5.75 Å². The van der Waals surface area contributed by atoms with E-state index in [0.717, 1.165) is 32.4 Å². The van der Waals surface area contributed by atoms with Crippen molar-refractivity contribution in [2.45, 2.75) is 49.4 Å². The quantitative estimate of drug-likeness (QED) is 0.306. The first-order valence-electron chi connectivity index (χ1n) is 15.1. The Bertz CT molecular complexity index is 1750. The summed E-state index contributed by atoms with van der Waals surface area (Å²) < 4.78 is 5.77. The molecule has 1 aromatic heterocycles. The van der Waals surface area contributed by atoms with Crippen molar-refractivity contribution in [1.82, 2.24) is 9.88 Å². The first-order valence-corrected chi connectivity index (χ1v) is 16.8. The first-order chi connectivity index (χ1) is 21.5. The number of fused-ring (bicyclic) bond motifs is 9. The summed E-state index contributed by atoms with van der Waals surface area (Å²) in [5, 5.41) is 13.5. The number of aliphatic carboxylic acids is 1. The highest BCUT2D eigenvalue weighted by Crippen LogP contribution is 2.68. The van der Waals surface area contributed by atoms with Gasteiger partial charge < -0.3 is 20.1 Å². The number of carbonyl (C=O) groups is 4. The van der Waals surface area contributed by atoms with E-state index in [2.05, 4.69) is 10.3 Å². The summed E-state index contributed by atoms with van der Waals surface area (Å²) in [6.07, 6.45) is 0.718. The normalized spacial score (nSPS) is 28.5. The smallest absolute Gasteiger partial charge is 0.327 e. The van der Waals surface area contributed by atoms with Gasteiger partial charge in [0.1, 0.15) is 11.8 Å². The van der Waals surface area contributed by atoms with Gasteiger partial charge in [0.25, 0.3) is 5.91 Å². The molecule has 3 amide bonds. The zero-order chi connectivity index (χ0) is 31.7. The molecule has 45 heavy (non-hydrogen) atoms. The third-order valence-electron chi connectivity index (χ3n) is 9.87. The molecule has 8 atom stereocenters. The molecule has 3 heterocycles. The lowest BCUT2D eigenvalue weighted by Crippen LogP contribution is -2.49. The molecular weight excluding hydrogens is 615 g/mol. The Kier molecular flexibility index (Phi) is 7.39. The van der Waals surface area contributed by atoms with Crippen LogP contribution < -0.4 is 14.9 Å². The molecular formula is C33H33N3O7S2. The topological polar surface area (TPSA) is 146 Å². The number of hydrogen-bond donors (Lipinski definition) is 3. The number of imide groups is 1. The van der Waals surface area contributed by atoms with Gasteiger partial charge in [-0.15, -0.1) is 11.8 Å². The predicted molar refractivity (Wildman–Crippen MR) is 168 cm³/mol. The lowest BCUT2D eigenvalue weighted by Gasteiger charge is -2.43. The zero-order valence-corrected chi connectivity index (χ0v) is 26.5. The lowest BCUT2D eigenvalue weighted by atomic mass is 9.68. The maximum Gasteiger partial charge on any atom is 0.327 e. The van der Waals surface area contributed by atoms with Crippen LogP contribution in [0.5, 0.6) is 5.75 Å². The van der Waals surface area contributed by atoms with E-state index in [1.807, 2.05) is 55.5 Å². The zero-order valence-electron chi connectivity index (χ0n) is 24.9. The molecule has 2 aliphatic heterocycles. The predicted octanol–water partition coefficient (Wildman–Crippen LogP) is 4.34. The third-order valence-corrected chi connectivity index (χ3v) is 12.5.